The topological polar surface area (TPSA) is 56.8 Å². The number of hydrogen-bond donors (Lipinski definition) is 0. The SMILES string of the molecule is CC(C)N1C[C@H]2CN(C(=O)c3ccncc3)C[C@@]2(C(=O)N2CCCC2)C1. The molecule has 3 aliphatic rings. The Bertz CT molecular complexity index is 686. The molecule has 0 radical (unpaired) electrons. The van der Waals surface area contributed by atoms with E-state index in [-0.39, 0.29) is 17.7 Å². The van der Waals surface area contributed by atoms with E-state index >= 15 is 0 Å². The fourth-order valence-electron chi connectivity index (χ4n) is 4.87. The van der Waals surface area contributed by atoms with Gasteiger partial charge in [0.05, 0.1) is 5.41 Å². The molecule has 6 heteroatoms. The van der Waals surface area contributed by atoms with Crippen molar-refractivity contribution < 1.29 is 9.59 Å². The van der Waals surface area contributed by atoms with Gasteiger partial charge >= 0.3 is 0 Å². The molecule has 0 N–H and O–H groups in total. The molecule has 0 bridgehead atoms. The fraction of sp³-hybridized carbons (Fsp3) is 0.650. The van der Waals surface area contributed by atoms with E-state index in [1.165, 1.54) is 0 Å². The van der Waals surface area contributed by atoms with Crippen LogP contribution in [0.3, 0.4) is 0 Å². The van der Waals surface area contributed by atoms with Crippen LogP contribution in [0.25, 0.3) is 0 Å². The van der Waals surface area contributed by atoms with Crippen LogP contribution >= 0.6 is 0 Å². The highest BCUT2D eigenvalue weighted by atomic mass is 16.2. The summed E-state index contributed by atoms with van der Waals surface area (Å²) >= 11 is 0. The van der Waals surface area contributed by atoms with Gasteiger partial charge in [-0.1, -0.05) is 0 Å². The molecule has 0 spiro atoms. The molecular formula is C20H28N4O2. The molecule has 26 heavy (non-hydrogen) atoms. The van der Waals surface area contributed by atoms with E-state index in [2.05, 4.69) is 23.7 Å². The Morgan fingerprint density at radius 3 is 2.42 bits per heavy atom. The van der Waals surface area contributed by atoms with Crippen LogP contribution in [0.5, 0.6) is 0 Å². The van der Waals surface area contributed by atoms with Crippen LogP contribution in [0.4, 0.5) is 0 Å². The summed E-state index contributed by atoms with van der Waals surface area (Å²) in [5, 5.41) is 0. The van der Waals surface area contributed by atoms with Gasteiger partial charge in [-0.05, 0) is 38.8 Å². The minimum atomic E-state index is -0.433. The molecule has 4 heterocycles. The fourth-order valence-corrected chi connectivity index (χ4v) is 4.87. The molecule has 0 aromatic carbocycles. The summed E-state index contributed by atoms with van der Waals surface area (Å²) in [7, 11) is 0. The third kappa shape index (κ3) is 2.80. The summed E-state index contributed by atoms with van der Waals surface area (Å²) in [4.78, 5) is 36.8. The standard InChI is InChI=1S/C20H28N4O2/c1-15(2)23-11-17-12-24(18(25)16-5-7-21-8-6-16)14-20(17,13-23)19(26)22-9-3-4-10-22/h5-8,15,17H,3-4,9-14H2,1-2H3/t17-,20-/m0/s1. The van der Waals surface area contributed by atoms with Crippen molar-refractivity contribution in [2.45, 2.75) is 32.7 Å². The maximum atomic E-state index is 13.5. The lowest BCUT2D eigenvalue weighted by molar-refractivity contribution is -0.141. The zero-order valence-corrected chi connectivity index (χ0v) is 15.7. The van der Waals surface area contributed by atoms with Gasteiger partial charge in [-0.2, -0.15) is 0 Å². The van der Waals surface area contributed by atoms with E-state index in [1.54, 1.807) is 24.5 Å². The zero-order valence-electron chi connectivity index (χ0n) is 15.7. The lowest BCUT2D eigenvalue weighted by Crippen LogP contribution is -2.49. The number of fused-ring (bicyclic) bond motifs is 1. The van der Waals surface area contributed by atoms with Gasteiger partial charge in [0.2, 0.25) is 5.91 Å². The second-order valence-electron chi connectivity index (χ2n) is 8.30. The first kappa shape index (κ1) is 17.5. The van der Waals surface area contributed by atoms with E-state index in [9.17, 15) is 9.59 Å². The van der Waals surface area contributed by atoms with Gasteiger partial charge in [-0.15, -0.1) is 0 Å². The molecule has 3 fully saturated rings. The number of carbonyl (C=O) groups is 2. The molecule has 3 saturated heterocycles. The van der Waals surface area contributed by atoms with Crippen molar-refractivity contribution in [1.29, 1.82) is 0 Å². The molecule has 140 valence electrons. The zero-order chi connectivity index (χ0) is 18.3. The highest BCUT2D eigenvalue weighted by Gasteiger charge is 2.59. The van der Waals surface area contributed by atoms with Crippen LogP contribution in [0.2, 0.25) is 0 Å². The first-order valence-electron chi connectivity index (χ1n) is 9.74. The molecule has 2 atom stereocenters. The van der Waals surface area contributed by atoms with Gasteiger partial charge < -0.3 is 9.80 Å². The van der Waals surface area contributed by atoms with Crippen molar-refractivity contribution in [3.05, 3.63) is 30.1 Å². The van der Waals surface area contributed by atoms with Crippen LogP contribution in [0.15, 0.2) is 24.5 Å². The Hall–Kier alpha value is -1.95. The van der Waals surface area contributed by atoms with Crippen molar-refractivity contribution in [1.82, 2.24) is 19.7 Å². The average Bonchev–Trinajstić information content (AvgIpc) is 3.35. The number of pyridine rings is 1. The highest BCUT2D eigenvalue weighted by molar-refractivity contribution is 5.95. The minimum Gasteiger partial charge on any atom is -0.342 e. The number of aromatic nitrogens is 1. The van der Waals surface area contributed by atoms with Crippen molar-refractivity contribution in [3.8, 4) is 0 Å². The van der Waals surface area contributed by atoms with Crippen LogP contribution in [-0.2, 0) is 4.79 Å². The van der Waals surface area contributed by atoms with E-state index in [0.717, 1.165) is 39.0 Å². The van der Waals surface area contributed by atoms with Gasteiger partial charge in [0.25, 0.3) is 5.91 Å². The maximum absolute atomic E-state index is 13.5. The third-order valence-corrected chi connectivity index (χ3v) is 6.40. The second-order valence-corrected chi connectivity index (χ2v) is 8.30. The predicted octanol–water partition coefficient (Wildman–Crippen LogP) is 1.49. The van der Waals surface area contributed by atoms with E-state index in [1.807, 2.05) is 9.80 Å². The number of rotatable bonds is 3. The maximum Gasteiger partial charge on any atom is 0.254 e. The first-order valence-corrected chi connectivity index (χ1v) is 9.74. The van der Waals surface area contributed by atoms with Crippen LogP contribution in [0, 0.1) is 11.3 Å². The smallest absolute Gasteiger partial charge is 0.254 e. The number of nitrogens with zero attached hydrogens (tertiary/aromatic N) is 4. The molecular weight excluding hydrogens is 328 g/mol. The van der Waals surface area contributed by atoms with E-state index < -0.39 is 5.41 Å². The van der Waals surface area contributed by atoms with Crippen molar-refractivity contribution in [2.24, 2.45) is 11.3 Å². The van der Waals surface area contributed by atoms with Crippen LogP contribution in [0.1, 0.15) is 37.0 Å². The van der Waals surface area contributed by atoms with Gasteiger partial charge in [-0.3, -0.25) is 19.5 Å². The molecule has 0 saturated carbocycles. The molecule has 0 aliphatic carbocycles. The Morgan fingerprint density at radius 2 is 1.77 bits per heavy atom. The molecule has 3 aliphatic heterocycles. The van der Waals surface area contributed by atoms with E-state index in [4.69, 9.17) is 0 Å². The molecule has 1 aromatic heterocycles. The highest BCUT2D eigenvalue weighted by Crippen LogP contribution is 2.45. The number of amides is 2. The summed E-state index contributed by atoms with van der Waals surface area (Å²) in [5.41, 5.74) is 0.224. The predicted molar refractivity (Wildman–Crippen MR) is 98.6 cm³/mol. The van der Waals surface area contributed by atoms with Crippen molar-refractivity contribution in [3.63, 3.8) is 0 Å². The molecule has 0 unspecified atom stereocenters. The quantitative estimate of drug-likeness (QED) is 0.823. The van der Waals surface area contributed by atoms with Crippen molar-refractivity contribution >= 4 is 11.8 Å². The van der Waals surface area contributed by atoms with Crippen molar-refractivity contribution in [2.75, 3.05) is 39.3 Å². The summed E-state index contributed by atoms with van der Waals surface area (Å²) in [5.74, 6) is 0.517. The Balaban J connectivity index is 1.59. The number of likely N-dealkylation sites (tertiary alicyclic amines) is 3. The number of hydrogen-bond acceptors (Lipinski definition) is 4. The van der Waals surface area contributed by atoms with Gasteiger partial charge in [0.15, 0.2) is 0 Å². The summed E-state index contributed by atoms with van der Waals surface area (Å²) in [6, 6.07) is 3.94. The Kier molecular flexibility index (Phi) is 4.47. The molecule has 4 rings (SSSR count). The summed E-state index contributed by atoms with van der Waals surface area (Å²) in [6.07, 6.45) is 5.49. The molecule has 6 nitrogen and oxygen atoms in total. The van der Waals surface area contributed by atoms with Crippen LogP contribution < -0.4 is 0 Å². The third-order valence-electron chi connectivity index (χ3n) is 6.40. The largest absolute Gasteiger partial charge is 0.342 e. The second kappa shape index (κ2) is 6.65. The first-order chi connectivity index (χ1) is 12.5. The number of carbonyl (C=O) groups excluding carboxylic acids is 2. The average molecular weight is 356 g/mol. The Morgan fingerprint density at radius 1 is 1.08 bits per heavy atom. The molecule has 2 amide bonds. The summed E-state index contributed by atoms with van der Waals surface area (Å²) < 4.78 is 0. The van der Waals surface area contributed by atoms with Gasteiger partial charge in [0, 0.05) is 69.2 Å². The monoisotopic (exact) mass is 356 g/mol. The minimum absolute atomic E-state index is 0.0199. The summed E-state index contributed by atoms with van der Waals surface area (Å²) in [6.45, 7) is 8.99. The van der Waals surface area contributed by atoms with Gasteiger partial charge in [0.1, 0.15) is 0 Å². The van der Waals surface area contributed by atoms with E-state index in [0.29, 0.717) is 24.7 Å². The molecule has 1 aromatic rings. The van der Waals surface area contributed by atoms with Gasteiger partial charge in [-0.25, -0.2) is 0 Å². The Labute approximate surface area is 155 Å². The lowest BCUT2D eigenvalue weighted by atomic mass is 9.79. The lowest BCUT2D eigenvalue weighted by Gasteiger charge is -2.33. The van der Waals surface area contributed by atoms with Crippen LogP contribution in [-0.4, -0.2) is 76.8 Å². The normalized spacial score (nSPS) is 28.8.